The van der Waals surface area contributed by atoms with Crippen LogP contribution in [0.2, 0.25) is 0 Å². The van der Waals surface area contributed by atoms with Gasteiger partial charge in [0.15, 0.2) is 0 Å². The molecule has 1 atom stereocenters. The summed E-state index contributed by atoms with van der Waals surface area (Å²) in [5, 5.41) is 3.17. The second-order valence-electron chi connectivity index (χ2n) is 7.64. The predicted octanol–water partition coefficient (Wildman–Crippen LogP) is 3.95. The van der Waals surface area contributed by atoms with Crippen LogP contribution in [0, 0.1) is 12.8 Å². The topological polar surface area (TPSA) is 74.8 Å². The van der Waals surface area contributed by atoms with Crippen LogP contribution in [0.1, 0.15) is 42.1 Å². The Kier molecular flexibility index (Phi) is 5.56. The molecule has 0 spiro atoms. The van der Waals surface area contributed by atoms with Crippen LogP contribution in [0.3, 0.4) is 0 Å². The van der Waals surface area contributed by atoms with Gasteiger partial charge in [-0.05, 0) is 37.7 Å². The van der Waals surface area contributed by atoms with Crippen LogP contribution in [-0.4, -0.2) is 15.9 Å². The summed E-state index contributed by atoms with van der Waals surface area (Å²) < 4.78 is 0. The van der Waals surface area contributed by atoms with Crippen LogP contribution in [0.4, 0.5) is 0 Å². The van der Waals surface area contributed by atoms with Crippen LogP contribution in [0.5, 0.6) is 0 Å². The number of aromatic nitrogens is 2. The van der Waals surface area contributed by atoms with Gasteiger partial charge in [0.25, 0.3) is 5.56 Å². The molecule has 1 aromatic heterocycles. The van der Waals surface area contributed by atoms with Gasteiger partial charge in [-0.2, -0.15) is 0 Å². The molecule has 5 nitrogen and oxygen atoms in total. The van der Waals surface area contributed by atoms with E-state index in [4.69, 9.17) is 0 Å². The molecule has 0 unspecified atom stereocenters. The molecule has 1 amide bonds. The van der Waals surface area contributed by atoms with Gasteiger partial charge in [0, 0.05) is 23.2 Å². The van der Waals surface area contributed by atoms with Gasteiger partial charge in [-0.25, -0.2) is 4.98 Å². The lowest BCUT2D eigenvalue weighted by atomic mass is 10.0. The summed E-state index contributed by atoms with van der Waals surface area (Å²) in [6, 6.07) is 19.7. The Labute approximate surface area is 170 Å². The SMILES string of the molecule is Cc1nc(-c2ccccc2)[nH]c(=O)c1CCC(=O)N[C@H](c1ccccc1)C1CC1. The highest BCUT2D eigenvalue weighted by Crippen LogP contribution is 2.40. The Morgan fingerprint density at radius 2 is 1.76 bits per heavy atom. The van der Waals surface area contributed by atoms with E-state index in [1.165, 1.54) is 0 Å². The molecule has 0 bridgehead atoms. The molecule has 29 heavy (non-hydrogen) atoms. The zero-order chi connectivity index (χ0) is 20.2. The number of nitrogens with one attached hydrogen (secondary N) is 2. The highest BCUT2D eigenvalue weighted by molar-refractivity contribution is 5.76. The van der Waals surface area contributed by atoms with Crippen LogP contribution >= 0.6 is 0 Å². The van der Waals surface area contributed by atoms with Gasteiger partial charge in [0.05, 0.1) is 6.04 Å². The normalized spacial score (nSPS) is 14.4. The number of aromatic amines is 1. The third-order valence-electron chi connectivity index (χ3n) is 5.44. The largest absolute Gasteiger partial charge is 0.349 e. The number of benzene rings is 2. The molecule has 0 radical (unpaired) electrons. The maximum absolute atomic E-state index is 12.6. The summed E-state index contributed by atoms with van der Waals surface area (Å²) in [5.41, 5.74) is 3.08. The fourth-order valence-corrected chi connectivity index (χ4v) is 3.69. The van der Waals surface area contributed by atoms with Crippen LogP contribution < -0.4 is 10.9 Å². The third-order valence-corrected chi connectivity index (χ3v) is 5.44. The Hall–Kier alpha value is -3.21. The van der Waals surface area contributed by atoms with E-state index >= 15 is 0 Å². The number of carbonyl (C=O) groups is 1. The van der Waals surface area contributed by atoms with Crippen molar-refractivity contribution >= 4 is 5.91 Å². The Balaban J connectivity index is 1.43. The van der Waals surface area contributed by atoms with E-state index in [1.807, 2.05) is 55.5 Å². The molecule has 2 N–H and O–H groups in total. The molecule has 0 aliphatic heterocycles. The molecule has 1 fully saturated rings. The van der Waals surface area contributed by atoms with Gasteiger partial charge >= 0.3 is 0 Å². The first-order valence-corrected chi connectivity index (χ1v) is 10.1. The lowest BCUT2D eigenvalue weighted by Gasteiger charge is -2.19. The molecule has 3 aromatic rings. The van der Waals surface area contributed by atoms with Crippen molar-refractivity contribution in [2.24, 2.45) is 5.92 Å². The molecule has 4 rings (SSSR count). The quantitative estimate of drug-likeness (QED) is 0.645. The predicted molar refractivity (Wildman–Crippen MR) is 113 cm³/mol. The third kappa shape index (κ3) is 4.62. The first-order valence-electron chi connectivity index (χ1n) is 10.1. The molecule has 148 valence electrons. The van der Waals surface area contributed by atoms with Crippen molar-refractivity contribution in [1.29, 1.82) is 0 Å². The van der Waals surface area contributed by atoms with Gasteiger partial charge < -0.3 is 10.3 Å². The maximum Gasteiger partial charge on any atom is 0.254 e. The van der Waals surface area contributed by atoms with E-state index in [-0.39, 0.29) is 23.9 Å². The maximum atomic E-state index is 12.6. The number of nitrogens with zero attached hydrogens (tertiary/aromatic N) is 1. The fourth-order valence-electron chi connectivity index (χ4n) is 3.69. The summed E-state index contributed by atoms with van der Waals surface area (Å²) in [6.45, 7) is 1.83. The Morgan fingerprint density at radius 3 is 2.38 bits per heavy atom. The van der Waals surface area contributed by atoms with Gasteiger partial charge in [-0.1, -0.05) is 60.7 Å². The van der Waals surface area contributed by atoms with Crippen molar-refractivity contribution in [1.82, 2.24) is 15.3 Å². The first-order chi connectivity index (χ1) is 14.1. The van der Waals surface area contributed by atoms with E-state index in [1.54, 1.807) is 0 Å². The number of rotatable bonds is 7. The monoisotopic (exact) mass is 387 g/mol. The number of H-pyrrole nitrogens is 1. The van der Waals surface area contributed by atoms with Crippen molar-refractivity contribution in [2.75, 3.05) is 0 Å². The van der Waals surface area contributed by atoms with Gasteiger partial charge in [-0.3, -0.25) is 9.59 Å². The molecule has 1 saturated carbocycles. The van der Waals surface area contributed by atoms with E-state index in [9.17, 15) is 9.59 Å². The molecule has 2 aromatic carbocycles. The minimum atomic E-state index is -0.175. The molecular weight excluding hydrogens is 362 g/mol. The minimum absolute atomic E-state index is 0.0308. The second-order valence-corrected chi connectivity index (χ2v) is 7.64. The summed E-state index contributed by atoms with van der Waals surface area (Å²) in [7, 11) is 0. The van der Waals surface area contributed by atoms with E-state index in [0.717, 1.165) is 24.0 Å². The van der Waals surface area contributed by atoms with E-state index in [2.05, 4.69) is 27.4 Å². The summed E-state index contributed by atoms with van der Waals surface area (Å²) in [6.07, 6.45) is 2.93. The Bertz CT molecular complexity index is 1040. The molecule has 1 heterocycles. The zero-order valence-corrected chi connectivity index (χ0v) is 16.5. The lowest BCUT2D eigenvalue weighted by Crippen LogP contribution is -2.30. The second kappa shape index (κ2) is 8.43. The highest BCUT2D eigenvalue weighted by Gasteiger charge is 2.33. The van der Waals surface area contributed by atoms with Gasteiger partial charge in [-0.15, -0.1) is 0 Å². The van der Waals surface area contributed by atoms with Crippen LogP contribution in [0.25, 0.3) is 11.4 Å². The summed E-state index contributed by atoms with van der Waals surface area (Å²) >= 11 is 0. The number of hydrogen-bond acceptors (Lipinski definition) is 3. The molecule has 5 heteroatoms. The minimum Gasteiger partial charge on any atom is -0.349 e. The molecule has 1 aliphatic rings. The highest BCUT2D eigenvalue weighted by atomic mass is 16.1. The smallest absolute Gasteiger partial charge is 0.254 e. The molecule has 0 saturated heterocycles. The lowest BCUT2D eigenvalue weighted by molar-refractivity contribution is -0.122. The number of hydrogen-bond donors (Lipinski definition) is 2. The fraction of sp³-hybridized carbons (Fsp3) is 0.292. The van der Waals surface area contributed by atoms with E-state index in [0.29, 0.717) is 29.4 Å². The summed E-state index contributed by atoms with van der Waals surface area (Å²) in [5.74, 6) is 1.04. The average molecular weight is 387 g/mol. The average Bonchev–Trinajstić information content (AvgIpc) is 3.58. The summed E-state index contributed by atoms with van der Waals surface area (Å²) in [4.78, 5) is 32.6. The van der Waals surface area contributed by atoms with Gasteiger partial charge in [0.1, 0.15) is 5.82 Å². The van der Waals surface area contributed by atoms with Crippen molar-refractivity contribution in [2.45, 2.75) is 38.6 Å². The van der Waals surface area contributed by atoms with E-state index < -0.39 is 0 Å². The number of amides is 1. The van der Waals surface area contributed by atoms with Crippen molar-refractivity contribution < 1.29 is 4.79 Å². The molecular formula is C24H25N3O2. The van der Waals surface area contributed by atoms with Gasteiger partial charge in [0.2, 0.25) is 5.91 Å². The first kappa shape index (κ1) is 19.1. The molecule has 1 aliphatic carbocycles. The van der Waals surface area contributed by atoms with Crippen molar-refractivity contribution in [3.8, 4) is 11.4 Å². The van der Waals surface area contributed by atoms with Crippen molar-refractivity contribution in [3.63, 3.8) is 0 Å². The van der Waals surface area contributed by atoms with Crippen molar-refractivity contribution in [3.05, 3.63) is 87.8 Å². The van der Waals surface area contributed by atoms with Crippen LogP contribution in [0.15, 0.2) is 65.5 Å². The zero-order valence-electron chi connectivity index (χ0n) is 16.5. The number of carbonyl (C=O) groups excluding carboxylic acids is 1. The Morgan fingerprint density at radius 1 is 1.10 bits per heavy atom. The standard InChI is InChI=1S/C24H25N3O2/c1-16-20(24(29)27-23(25-16)19-10-6-3-7-11-19)14-15-21(28)26-22(18-12-13-18)17-8-4-2-5-9-17/h2-11,18,22H,12-15H2,1H3,(H,26,28)(H,25,27,29)/t22-/m1/s1. The van der Waals surface area contributed by atoms with Crippen LogP contribution in [-0.2, 0) is 11.2 Å². The number of aryl methyl sites for hydroxylation is 1.